The number of methoxy groups -OCH3 is 1. The van der Waals surface area contributed by atoms with E-state index >= 15 is 0 Å². The van der Waals surface area contributed by atoms with Crippen molar-refractivity contribution in [3.8, 4) is 0 Å². The molecule has 0 aromatic carbocycles. The van der Waals surface area contributed by atoms with Crippen LogP contribution in [0.25, 0.3) is 0 Å². The van der Waals surface area contributed by atoms with Gasteiger partial charge in [-0.25, -0.2) is 4.79 Å². The summed E-state index contributed by atoms with van der Waals surface area (Å²) in [4.78, 5) is 22.6. The van der Waals surface area contributed by atoms with Crippen LogP contribution < -0.4 is 5.32 Å². The Bertz CT molecular complexity index is 271. The highest BCUT2D eigenvalue weighted by Crippen LogP contribution is 2.21. The third-order valence-electron chi connectivity index (χ3n) is 2.57. The van der Waals surface area contributed by atoms with Crippen molar-refractivity contribution in [3.05, 3.63) is 0 Å². The zero-order chi connectivity index (χ0) is 14.2. The molecule has 0 fully saturated rings. The number of carbonyl (C=O) groups is 2. The number of nitrogens with one attached hydrogen (secondary N) is 1. The number of aliphatic carboxylic acids is 1. The Morgan fingerprint density at radius 1 is 1.33 bits per heavy atom. The maximum Gasteiger partial charge on any atom is 0.326 e. The van der Waals surface area contributed by atoms with Gasteiger partial charge in [0.2, 0.25) is 5.91 Å². The predicted molar refractivity (Wildman–Crippen MR) is 69.4 cm³/mol. The van der Waals surface area contributed by atoms with Crippen molar-refractivity contribution >= 4 is 11.9 Å². The van der Waals surface area contributed by atoms with Gasteiger partial charge >= 0.3 is 5.97 Å². The molecule has 5 nitrogen and oxygen atoms in total. The molecule has 18 heavy (non-hydrogen) atoms. The van der Waals surface area contributed by atoms with Crippen molar-refractivity contribution in [2.24, 2.45) is 5.41 Å². The van der Waals surface area contributed by atoms with E-state index in [2.05, 4.69) is 5.32 Å². The maximum absolute atomic E-state index is 11.5. The number of hydrogen-bond donors (Lipinski definition) is 2. The molecule has 0 saturated heterocycles. The summed E-state index contributed by atoms with van der Waals surface area (Å²) in [6.07, 6.45) is 2.11. The summed E-state index contributed by atoms with van der Waals surface area (Å²) in [5, 5.41) is 11.6. The molecule has 0 aromatic heterocycles. The van der Waals surface area contributed by atoms with Gasteiger partial charge in [-0.1, -0.05) is 20.8 Å². The van der Waals surface area contributed by atoms with Gasteiger partial charge in [0, 0.05) is 20.1 Å². The van der Waals surface area contributed by atoms with Crippen molar-refractivity contribution in [1.29, 1.82) is 0 Å². The van der Waals surface area contributed by atoms with Crippen LogP contribution in [0, 0.1) is 5.41 Å². The van der Waals surface area contributed by atoms with Crippen LogP contribution in [-0.4, -0.2) is 36.7 Å². The van der Waals surface area contributed by atoms with Gasteiger partial charge in [0.15, 0.2) is 0 Å². The fourth-order valence-electron chi connectivity index (χ4n) is 1.48. The number of carboxylic acids is 1. The molecule has 0 rings (SSSR count). The van der Waals surface area contributed by atoms with Gasteiger partial charge in [0.25, 0.3) is 0 Å². The standard InChI is InChI=1S/C13H25NO4/c1-13(2,3)8-7-10(12(16)17)14-11(15)6-5-9-18-4/h10H,5-9H2,1-4H3,(H,14,15)(H,16,17). The third kappa shape index (κ3) is 8.98. The minimum atomic E-state index is -0.973. The van der Waals surface area contributed by atoms with Gasteiger partial charge in [0.1, 0.15) is 6.04 Å². The van der Waals surface area contributed by atoms with Gasteiger partial charge in [-0.2, -0.15) is 0 Å². The number of rotatable bonds is 8. The summed E-state index contributed by atoms with van der Waals surface area (Å²) in [7, 11) is 1.57. The van der Waals surface area contributed by atoms with Crippen LogP contribution in [0.3, 0.4) is 0 Å². The smallest absolute Gasteiger partial charge is 0.326 e. The molecule has 0 spiro atoms. The van der Waals surface area contributed by atoms with Crippen LogP contribution >= 0.6 is 0 Å². The zero-order valence-corrected chi connectivity index (χ0v) is 11.8. The van der Waals surface area contributed by atoms with Gasteiger partial charge in [0.05, 0.1) is 0 Å². The minimum absolute atomic E-state index is 0.0640. The third-order valence-corrected chi connectivity index (χ3v) is 2.57. The lowest BCUT2D eigenvalue weighted by Gasteiger charge is -2.21. The molecule has 1 amide bonds. The SMILES string of the molecule is COCCCC(=O)NC(CCC(C)(C)C)C(=O)O. The van der Waals surface area contributed by atoms with Crippen molar-refractivity contribution in [2.75, 3.05) is 13.7 Å². The highest BCUT2D eigenvalue weighted by atomic mass is 16.5. The highest BCUT2D eigenvalue weighted by molar-refractivity contribution is 5.83. The second-order valence-corrected chi connectivity index (χ2v) is 5.65. The van der Waals surface area contributed by atoms with Crippen LogP contribution in [0.5, 0.6) is 0 Å². The molecule has 0 aliphatic carbocycles. The summed E-state index contributed by atoms with van der Waals surface area (Å²) >= 11 is 0. The van der Waals surface area contributed by atoms with E-state index in [9.17, 15) is 9.59 Å². The van der Waals surface area contributed by atoms with Crippen molar-refractivity contribution in [1.82, 2.24) is 5.32 Å². The average Bonchev–Trinajstić information content (AvgIpc) is 2.22. The summed E-state index contributed by atoms with van der Waals surface area (Å²) in [5.41, 5.74) is 0.0640. The Hall–Kier alpha value is -1.10. The minimum Gasteiger partial charge on any atom is -0.480 e. The monoisotopic (exact) mass is 259 g/mol. The van der Waals surface area contributed by atoms with Crippen LogP contribution in [0.15, 0.2) is 0 Å². The van der Waals surface area contributed by atoms with E-state index in [-0.39, 0.29) is 11.3 Å². The van der Waals surface area contributed by atoms with E-state index in [1.54, 1.807) is 7.11 Å². The van der Waals surface area contributed by atoms with Crippen LogP contribution in [-0.2, 0) is 14.3 Å². The lowest BCUT2D eigenvalue weighted by Crippen LogP contribution is -2.41. The molecule has 5 heteroatoms. The highest BCUT2D eigenvalue weighted by Gasteiger charge is 2.22. The maximum atomic E-state index is 11.5. The van der Waals surface area contributed by atoms with E-state index in [1.165, 1.54) is 0 Å². The summed E-state index contributed by atoms with van der Waals surface area (Å²) in [6.45, 7) is 6.65. The molecule has 2 N–H and O–H groups in total. The molecule has 0 saturated carbocycles. The predicted octanol–water partition coefficient (Wildman–Crippen LogP) is 1.81. The molecule has 106 valence electrons. The first kappa shape index (κ1) is 16.9. The van der Waals surface area contributed by atoms with Crippen molar-refractivity contribution < 1.29 is 19.4 Å². The molecular weight excluding hydrogens is 234 g/mol. The van der Waals surface area contributed by atoms with Gasteiger partial charge in [-0.05, 0) is 24.7 Å². The molecule has 0 aromatic rings. The second kappa shape index (κ2) is 8.08. The van der Waals surface area contributed by atoms with Gasteiger partial charge < -0.3 is 15.2 Å². The molecule has 0 bridgehead atoms. The summed E-state index contributed by atoms with van der Waals surface area (Å²) < 4.78 is 4.84. The molecule has 0 radical (unpaired) electrons. The lowest BCUT2D eigenvalue weighted by molar-refractivity contribution is -0.142. The van der Waals surface area contributed by atoms with Crippen molar-refractivity contribution in [2.45, 2.75) is 52.5 Å². The van der Waals surface area contributed by atoms with Crippen molar-refractivity contribution in [3.63, 3.8) is 0 Å². The first-order chi connectivity index (χ1) is 8.26. The van der Waals surface area contributed by atoms with Crippen LogP contribution in [0.4, 0.5) is 0 Å². The zero-order valence-electron chi connectivity index (χ0n) is 11.8. The van der Waals surface area contributed by atoms with E-state index in [0.717, 1.165) is 6.42 Å². The molecule has 0 aliphatic rings. The average molecular weight is 259 g/mol. The fraction of sp³-hybridized carbons (Fsp3) is 0.846. The fourth-order valence-corrected chi connectivity index (χ4v) is 1.48. The van der Waals surface area contributed by atoms with Gasteiger partial charge in [-0.15, -0.1) is 0 Å². The van der Waals surface area contributed by atoms with E-state index < -0.39 is 12.0 Å². The van der Waals surface area contributed by atoms with E-state index in [4.69, 9.17) is 9.84 Å². The first-order valence-corrected chi connectivity index (χ1v) is 6.27. The number of amides is 1. The number of ether oxygens (including phenoxy) is 1. The quantitative estimate of drug-likeness (QED) is 0.652. The first-order valence-electron chi connectivity index (χ1n) is 6.27. The Kier molecular flexibility index (Phi) is 7.59. The Labute approximate surface area is 109 Å². The van der Waals surface area contributed by atoms with Crippen LogP contribution in [0.2, 0.25) is 0 Å². The second-order valence-electron chi connectivity index (χ2n) is 5.65. The summed E-state index contributed by atoms with van der Waals surface area (Å²) in [6, 6.07) is -0.792. The number of carboxylic acid groups (broad SMARTS) is 1. The topological polar surface area (TPSA) is 75.6 Å². The lowest BCUT2D eigenvalue weighted by atomic mass is 9.88. The Balaban J connectivity index is 4.11. The van der Waals surface area contributed by atoms with E-state index in [0.29, 0.717) is 25.9 Å². The molecule has 0 aliphatic heterocycles. The van der Waals surface area contributed by atoms with Gasteiger partial charge in [-0.3, -0.25) is 4.79 Å². The number of hydrogen-bond acceptors (Lipinski definition) is 3. The Morgan fingerprint density at radius 2 is 1.94 bits per heavy atom. The Morgan fingerprint density at radius 3 is 2.39 bits per heavy atom. The van der Waals surface area contributed by atoms with E-state index in [1.807, 2.05) is 20.8 Å². The molecule has 1 atom stereocenters. The molecule has 0 heterocycles. The normalized spacial score (nSPS) is 13.1. The summed E-state index contributed by atoms with van der Waals surface area (Å²) in [5.74, 6) is -1.20. The largest absolute Gasteiger partial charge is 0.480 e. The number of carbonyl (C=O) groups excluding carboxylic acids is 1. The molecule has 1 unspecified atom stereocenters. The molecular formula is C13H25NO4. The van der Waals surface area contributed by atoms with Crippen LogP contribution in [0.1, 0.15) is 46.5 Å².